The van der Waals surface area contributed by atoms with Crippen molar-refractivity contribution < 1.29 is 28.6 Å². The van der Waals surface area contributed by atoms with E-state index in [4.69, 9.17) is 25.8 Å². The Bertz CT molecular complexity index is 369. The maximum Gasteiger partial charge on any atom is 0.303 e. The smallest absolute Gasteiger partial charge is 0.303 e. The van der Waals surface area contributed by atoms with E-state index in [2.05, 4.69) is 0 Å². The summed E-state index contributed by atoms with van der Waals surface area (Å²) in [6.45, 7) is 3.88. The highest BCUT2D eigenvalue weighted by molar-refractivity contribution is 6.20. The van der Waals surface area contributed by atoms with Crippen molar-refractivity contribution in [3.8, 4) is 0 Å². The standard InChI is InChI=1S/C12H17ClO6/c1-6(14)4-9-11(18-8(3)16)10(19-12(9)13)5-17-7(2)15/h9-12H,4-5H2,1-3H3/t9-,10-,11+,12?/m1/s1. The van der Waals surface area contributed by atoms with Crippen molar-refractivity contribution in [2.45, 2.75) is 45.0 Å². The number of rotatable bonds is 5. The molecule has 1 fully saturated rings. The monoisotopic (exact) mass is 292 g/mol. The van der Waals surface area contributed by atoms with E-state index in [9.17, 15) is 14.4 Å². The highest BCUT2D eigenvalue weighted by Gasteiger charge is 2.46. The van der Waals surface area contributed by atoms with Crippen molar-refractivity contribution in [1.29, 1.82) is 0 Å². The van der Waals surface area contributed by atoms with Crippen LogP contribution in [0.15, 0.2) is 0 Å². The number of esters is 2. The van der Waals surface area contributed by atoms with Gasteiger partial charge in [0.1, 0.15) is 30.2 Å². The number of Topliss-reactive ketones (excluding diaryl/α,β-unsaturated/α-hetero) is 1. The van der Waals surface area contributed by atoms with Gasteiger partial charge in [0, 0.05) is 26.2 Å². The molecule has 0 aromatic carbocycles. The molecule has 0 amide bonds. The molecular weight excluding hydrogens is 276 g/mol. The fraction of sp³-hybridized carbons (Fsp3) is 0.750. The lowest BCUT2D eigenvalue weighted by Crippen LogP contribution is -2.36. The van der Waals surface area contributed by atoms with Crippen LogP contribution in [0.5, 0.6) is 0 Å². The van der Waals surface area contributed by atoms with Gasteiger partial charge >= 0.3 is 11.9 Å². The molecule has 1 aliphatic heterocycles. The second-order valence-corrected chi connectivity index (χ2v) is 4.90. The number of ketones is 1. The third kappa shape index (κ3) is 4.80. The second-order valence-electron chi connectivity index (χ2n) is 4.47. The number of hydrogen-bond donors (Lipinski definition) is 0. The van der Waals surface area contributed by atoms with E-state index in [1.54, 1.807) is 0 Å². The summed E-state index contributed by atoms with van der Waals surface area (Å²) < 4.78 is 15.4. The van der Waals surface area contributed by atoms with Crippen molar-refractivity contribution in [2.24, 2.45) is 5.92 Å². The molecule has 0 aromatic rings. The molecule has 108 valence electrons. The van der Waals surface area contributed by atoms with Gasteiger partial charge in [0.25, 0.3) is 0 Å². The largest absolute Gasteiger partial charge is 0.463 e. The van der Waals surface area contributed by atoms with Crippen LogP contribution in [0.3, 0.4) is 0 Å². The molecule has 1 heterocycles. The number of ether oxygens (including phenoxy) is 3. The molecule has 0 saturated carbocycles. The minimum atomic E-state index is -0.756. The molecule has 1 unspecified atom stereocenters. The molecular formula is C12H17ClO6. The lowest BCUT2D eigenvalue weighted by Gasteiger charge is -2.21. The number of alkyl halides is 1. The van der Waals surface area contributed by atoms with Crippen molar-refractivity contribution in [3.05, 3.63) is 0 Å². The van der Waals surface area contributed by atoms with Crippen LogP contribution in [0.2, 0.25) is 0 Å². The van der Waals surface area contributed by atoms with Gasteiger partial charge < -0.3 is 19.0 Å². The summed E-state index contributed by atoms with van der Waals surface area (Å²) in [6, 6.07) is 0. The van der Waals surface area contributed by atoms with Gasteiger partial charge in [-0.2, -0.15) is 0 Å². The molecule has 0 aromatic heterocycles. The minimum Gasteiger partial charge on any atom is -0.463 e. The van der Waals surface area contributed by atoms with Gasteiger partial charge in [0.05, 0.1) is 0 Å². The lowest BCUT2D eigenvalue weighted by atomic mass is 9.96. The molecule has 6 nitrogen and oxygen atoms in total. The average Bonchev–Trinajstić information content (AvgIpc) is 2.53. The molecule has 0 bridgehead atoms. The third-order valence-electron chi connectivity index (χ3n) is 2.71. The van der Waals surface area contributed by atoms with E-state index < -0.39 is 35.6 Å². The number of carbonyl (C=O) groups is 3. The van der Waals surface area contributed by atoms with Crippen LogP contribution >= 0.6 is 11.6 Å². The quantitative estimate of drug-likeness (QED) is 0.556. The van der Waals surface area contributed by atoms with Crippen LogP contribution in [0.4, 0.5) is 0 Å². The SMILES string of the molecule is CC(=O)C[C@H]1C(Cl)O[C@H](COC(C)=O)[C@H]1OC(C)=O. The summed E-state index contributed by atoms with van der Waals surface area (Å²) in [7, 11) is 0. The minimum absolute atomic E-state index is 0.0646. The fourth-order valence-electron chi connectivity index (χ4n) is 2.00. The van der Waals surface area contributed by atoms with Crippen LogP contribution in [-0.2, 0) is 28.6 Å². The van der Waals surface area contributed by atoms with Crippen molar-refractivity contribution in [3.63, 3.8) is 0 Å². The number of carbonyl (C=O) groups excluding carboxylic acids is 3. The fourth-order valence-corrected chi connectivity index (χ4v) is 2.36. The average molecular weight is 293 g/mol. The van der Waals surface area contributed by atoms with Crippen molar-refractivity contribution >= 4 is 29.3 Å². The van der Waals surface area contributed by atoms with Crippen molar-refractivity contribution in [2.75, 3.05) is 6.61 Å². The highest BCUT2D eigenvalue weighted by Crippen LogP contribution is 2.34. The Labute approximate surface area is 116 Å². The highest BCUT2D eigenvalue weighted by atomic mass is 35.5. The van der Waals surface area contributed by atoms with Crippen molar-refractivity contribution in [1.82, 2.24) is 0 Å². The molecule has 19 heavy (non-hydrogen) atoms. The molecule has 0 spiro atoms. The molecule has 1 rings (SSSR count). The Morgan fingerprint density at radius 1 is 1.16 bits per heavy atom. The summed E-state index contributed by atoms with van der Waals surface area (Å²) in [6.07, 6.45) is -1.20. The van der Waals surface area contributed by atoms with Crippen LogP contribution < -0.4 is 0 Å². The predicted molar refractivity (Wildman–Crippen MR) is 65.5 cm³/mol. The molecule has 0 aliphatic carbocycles. The van der Waals surface area contributed by atoms with Gasteiger partial charge in [-0.15, -0.1) is 0 Å². The van der Waals surface area contributed by atoms with Crippen LogP contribution in [-0.4, -0.2) is 42.1 Å². The lowest BCUT2D eigenvalue weighted by molar-refractivity contribution is -0.156. The Morgan fingerprint density at radius 2 is 1.79 bits per heavy atom. The van der Waals surface area contributed by atoms with Gasteiger partial charge in [-0.3, -0.25) is 9.59 Å². The maximum atomic E-state index is 11.2. The second kappa shape index (κ2) is 6.86. The van der Waals surface area contributed by atoms with Gasteiger partial charge in [0.2, 0.25) is 0 Å². The molecule has 1 aliphatic rings. The summed E-state index contributed by atoms with van der Waals surface area (Å²) in [5.41, 5.74) is -0.756. The number of halogens is 1. The Kier molecular flexibility index (Phi) is 5.75. The van der Waals surface area contributed by atoms with Crippen LogP contribution in [0.25, 0.3) is 0 Å². The molecule has 4 atom stereocenters. The van der Waals surface area contributed by atoms with Gasteiger partial charge in [-0.05, 0) is 6.92 Å². The van der Waals surface area contributed by atoms with Crippen LogP contribution in [0, 0.1) is 5.92 Å². The first-order chi connectivity index (χ1) is 8.81. The first kappa shape index (κ1) is 15.9. The zero-order valence-electron chi connectivity index (χ0n) is 11.1. The molecule has 0 N–H and O–H groups in total. The Balaban J connectivity index is 2.76. The van der Waals surface area contributed by atoms with Gasteiger partial charge in [-0.1, -0.05) is 11.6 Å². The van der Waals surface area contributed by atoms with E-state index in [0.717, 1.165) is 0 Å². The first-order valence-corrected chi connectivity index (χ1v) is 6.34. The summed E-state index contributed by atoms with van der Waals surface area (Å²) in [4.78, 5) is 33.1. The Hall–Kier alpha value is -1.14. The van der Waals surface area contributed by atoms with E-state index in [-0.39, 0.29) is 18.8 Å². The van der Waals surface area contributed by atoms with E-state index >= 15 is 0 Å². The zero-order valence-corrected chi connectivity index (χ0v) is 11.8. The maximum absolute atomic E-state index is 11.2. The number of hydrogen-bond acceptors (Lipinski definition) is 6. The topological polar surface area (TPSA) is 78.9 Å². The van der Waals surface area contributed by atoms with E-state index in [1.807, 2.05) is 0 Å². The van der Waals surface area contributed by atoms with E-state index in [1.165, 1.54) is 20.8 Å². The zero-order chi connectivity index (χ0) is 14.6. The van der Waals surface area contributed by atoms with E-state index in [0.29, 0.717) is 0 Å². The third-order valence-corrected chi connectivity index (χ3v) is 3.13. The molecule has 1 saturated heterocycles. The predicted octanol–water partition coefficient (Wildman–Crippen LogP) is 1.04. The van der Waals surface area contributed by atoms with Gasteiger partial charge in [-0.25, -0.2) is 0 Å². The summed E-state index contributed by atoms with van der Waals surface area (Å²) in [5, 5.41) is 0. The van der Waals surface area contributed by atoms with Gasteiger partial charge in [0.15, 0.2) is 0 Å². The molecule has 7 heteroatoms. The summed E-state index contributed by atoms with van der Waals surface area (Å²) in [5.74, 6) is -1.49. The molecule has 0 radical (unpaired) electrons. The summed E-state index contributed by atoms with van der Waals surface area (Å²) >= 11 is 6.00. The van der Waals surface area contributed by atoms with Crippen LogP contribution in [0.1, 0.15) is 27.2 Å². The Morgan fingerprint density at radius 3 is 2.26 bits per heavy atom. The normalized spacial score (nSPS) is 29.9. The first-order valence-electron chi connectivity index (χ1n) is 5.90.